The molecule has 1 fully saturated rings. The Morgan fingerprint density at radius 3 is 2.24 bits per heavy atom. The molecule has 5 heteroatoms. The number of carboxylic acids is 1. The van der Waals surface area contributed by atoms with Crippen molar-refractivity contribution >= 4 is 17.7 Å². The Morgan fingerprint density at radius 1 is 0.853 bits per heavy atom. The third kappa shape index (κ3) is 4.26. The lowest BCUT2D eigenvalue weighted by atomic mass is 9.97. The fraction of sp³-hybridized carbons (Fsp3) is 0.276. The van der Waals surface area contributed by atoms with E-state index < -0.39 is 11.5 Å². The Labute approximate surface area is 199 Å². The van der Waals surface area contributed by atoms with Crippen LogP contribution in [0.3, 0.4) is 0 Å². The van der Waals surface area contributed by atoms with Crippen molar-refractivity contribution in [3.63, 3.8) is 0 Å². The Kier molecular flexibility index (Phi) is 6.01. The Balaban J connectivity index is 1.37. The second-order valence-corrected chi connectivity index (χ2v) is 9.19. The van der Waals surface area contributed by atoms with E-state index in [0.717, 1.165) is 55.5 Å². The van der Waals surface area contributed by atoms with Crippen molar-refractivity contribution in [2.45, 2.75) is 50.6 Å². The molecule has 0 atom stereocenters. The molecule has 0 saturated heterocycles. The molecule has 0 unspecified atom stereocenters. The summed E-state index contributed by atoms with van der Waals surface area (Å²) < 4.78 is 0. The fourth-order valence-corrected chi connectivity index (χ4v) is 5.16. The molecule has 34 heavy (non-hydrogen) atoms. The van der Waals surface area contributed by atoms with Crippen LogP contribution in [0.15, 0.2) is 83.9 Å². The van der Waals surface area contributed by atoms with Crippen molar-refractivity contribution in [3.8, 4) is 11.1 Å². The summed E-state index contributed by atoms with van der Waals surface area (Å²) in [6.07, 6.45) is 5.36. The van der Waals surface area contributed by atoms with Gasteiger partial charge in [0.15, 0.2) is 0 Å². The van der Waals surface area contributed by atoms with Gasteiger partial charge in [-0.2, -0.15) is 0 Å². The van der Waals surface area contributed by atoms with Crippen LogP contribution in [0.2, 0.25) is 0 Å². The van der Waals surface area contributed by atoms with E-state index in [-0.39, 0.29) is 11.5 Å². The summed E-state index contributed by atoms with van der Waals surface area (Å²) >= 11 is 0. The average molecular weight is 453 g/mol. The lowest BCUT2D eigenvalue weighted by Crippen LogP contribution is -2.40. The molecule has 0 bridgehead atoms. The van der Waals surface area contributed by atoms with E-state index in [2.05, 4.69) is 12.1 Å². The average Bonchev–Trinajstić information content (AvgIpc) is 3.44. The molecule has 5 rings (SSSR count). The summed E-state index contributed by atoms with van der Waals surface area (Å²) in [6.45, 7) is 0.481. The number of hydrogen-bond donors (Lipinski definition) is 1. The summed E-state index contributed by atoms with van der Waals surface area (Å²) in [7, 11) is 0. The summed E-state index contributed by atoms with van der Waals surface area (Å²) in [4.78, 5) is 32.0. The zero-order chi connectivity index (χ0) is 23.5. The minimum absolute atomic E-state index is 0.133. The number of carbonyl (C=O) groups is 2. The van der Waals surface area contributed by atoms with Gasteiger partial charge in [0.1, 0.15) is 11.4 Å². The fourth-order valence-electron chi connectivity index (χ4n) is 5.16. The largest absolute Gasteiger partial charge is 0.478 e. The van der Waals surface area contributed by atoms with E-state index in [1.165, 1.54) is 5.56 Å². The van der Waals surface area contributed by atoms with Gasteiger partial charge in [-0.3, -0.25) is 14.7 Å². The molecule has 3 aromatic rings. The van der Waals surface area contributed by atoms with Crippen LogP contribution in [0, 0.1) is 0 Å². The Hall–Kier alpha value is -3.73. The molecular formula is C29H28N2O3. The lowest BCUT2D eigenvalue weighted by molar-refractivity contribution is -0.131. The number of carboxylic acid groups (broad SMARTS) is 1. The maximum Gasteiger partial charge on any atom is 0.336 e. The van der Waals surface area contributed by atoms with Gasteiger partial charge >= 0.3 is 5.97 Å². The topological polar surface area (TPSA) is 70.0 Å². The van der Waals surface area contributed by atoms with Crippen molar-refractivity contribution in [2.24, 2.45) is 4.99 Å². The van der Waals surface area contributed by atoms with Crippen LogP contribution in [-0.2, 0) is 17.8 Å². The smallest absolute Gasteiger partial charge is 0.336 e. The molecule has 1 aliphatic heterocycles. The minimum atomic E-state index is -0.941. The molecule has 0 aromatic heterocycles. The highest BCUT2D eigenvalue weighted by Gasteiger charge is 2.49. The number of amides is 1. The van der Waals surface area contributed by atoms with E-state index in [4.69, 9.17) is 4.99 Å². The molecule has 172 valence electrons. The number of aliphatic imine (C=N–C) groups is 1. The highest BCUT2D eigenvalue weighted by molar-refractivity contribution is 6.08. The monoisotopic (exact) mass is 452 g/mol. The van der Waals surface area contributed by atoms with Crippen LogP contribution in [0.25, 0.3) is 11.1 Å². The number of carbonyl (C=O) groups excluding carboxylic acids is 1. The first kappa shape index (κ1) is 22.1. The van der Waals surface area contributed by atoms with Crippen molar-refractivity contribution in [3.05, 3.63) is 95.6 Å². The molecule has 1 saturated carbocycles. The number of aryl methyl sites for hydroxylation is 1. The van der Waals surface area contributed by atoms with Crippen LogP contribution < -0.4 is 0 Å². The second kappa shape index (κ2) is 9.26. The van der Waals surface area contributed by atoms with Crippen LogP contribution in [0.5, 0.6) is 0 Å². The van der Waals surface area contributed by atoms with Crippen LogP contribution in [0.1, 0.15) is 53.6 Å². The van der Waals surface area contributed by atoms with Crippen molar-refractivity contribution in [2.75, 3.05) is 0 Å². The SMILES string of the molecule is O=C(O)c1ccccc1-c1ccc(CN2C(=O)C3(CCCC3)N=C2CCc2ccccc2)cc1. The minimum Gasteiger partial charge on any atom is -0.478 e. The number of hydrogen-bond acceptors (Lipinski definition) is 3. The molecule has 2 aliphatic rings. The quantitative estimate of drug-likeness (QED) is 0.497. The molecule has 1 N–H and O–H groups in total. The number of benzene rings is 3. The van der Waals surface area contributed by atoms with Gasteiger partial charge in [0.2, 0.25) is 0 Å². The Morgan fingerprint density at radius 2 is 1.53 bits per heavy atom. The predicted molar refractivity (Wildman–Crippen MR) is 133 cm³/mol. The van der Waals surface area contributed by atoms with Crippen LogP contribution >= 0.6 is 0 Å². The highest BCUT2D eigenvalue weighted by atomic mass is 16.4. The standard InChI is InChI=1S/C29H28N2O3/c32-27(33)25-11-5-4-10-24(25)23-15-12-22(13-16-23)20-31-26(17-14-21-8-2-1-3-9-21)30-29(28(31)34)18-6-7-19-29/h1-5,8-13,15-16H,6-7,14,17-20H2,(H,32,33). The van der Waals surface area contributed by atoms with E-state index in [0.29, 0.717) is 12.1 Å². The maximum atomic E-state index is 13.5. The van der Waals surface area contributed by atoms with E-state index in [1.807, 2.05) is 59.5 Å². The summed E-state index contributed by atoms with van der Waals surface area (Å²) in [5, 5.41) is 9.51. The first-order valence-electron chi connectivity index (χ1n) is 11.9. The Bertz CT molecular complexity index is 1230. The van der Waals surface area contributed by atoms with Gasteiger partial charge in [0.05, 0.1) is 12.1 Å². The summed E-state index contributed by atoms with van der Waals surface area (Å²) in [6, 6.07) is 25.2. The second-order valence-electron chi connectivity index (χ2n) is 9.19. The zero-order valence-corrected chi connectivity index (χ0v) is 19.1. The van der Waals surface area contributed by atoms with Gasteiger partial charge in [-0.25, -0.2) is 4.79 Å². The van der Waals surface area contributed by atoms with Crippen LogP contribution in [0.4, 0.5) is 0 Å². The third-order valence-corrected chi connectivity index (χ3v) is 6.97. The number of nitrogens with zero attached hydrogens (tertiary/aromatic N) is 2. The first-order chi connectivity index (χ1) is 16.6. The zero-order valence-electron chi connectivity index (χ0n) is 19.1. The van der Waals surface area contributed by atoms with Crippen molar-refractivity contribution in [1.82, 2.24) is 4.90 Å². The van der Waals surface area contributed by atoms with Crippen LogP contribution in [-0.4, -0.2) is 33.3 Å². The molecule has 1 amide bonds. The molecule has 0 radical (unpaired) electrons. The molecular weight excluding hydrogens is 424 g/mol. The normalized spacial score (nSPS) is 16.8. The maximum absolute atomic E-state index is 13.5. The van der Waals surface area contributed by atoms with Gasteiger partial charge < -0.3 is 5.11 Å². The van der Waals surface area contributed by atoms with E-state index >= 15 is 0 Å². The number of rotatable bonds is 7. The molecule has 1 spiro atoms. The molecule has 3 aromatic carbocycles. The highest BCUT2D eigenvalue weighted by Crippen LogP contribution is 2.40. The van der Waals surface area contributed by atoms with Crippen molar-refractivity contribution in [1.29, 1.82) is 0 Å². The summed E-state index contributed by atoms with van der Waals surface area (Å²) in [5.74, 6) is 0.0767. The molecule has 1 aliphatic carbocycles. The van der Waals surface area contributed by atoms with Crippen molar-refractivity contribution < 1.29 is 14.7 Å². The number of aromatic carboxylic acids is 1. The van der Waals surface area contributed by atoms with Gasteiger partial charge in [-0.15, -0.1) is 0 Å². The predicted octanol–water partition coefficient (Wildman–Crippen LogP) is 5.74. The lowest BCUT2D eigenvalue weighted by Gasteiger charge is -2.23. The molecule has 5 nitrogen and oxygen atoms in total. The number of amidine groups is 1. The van der Waals surface area contributed by atoms with Gasteiger partial charge in [-0.1, -0.05) is 85.6 Å². The summed E-state index contributed by atoms with van der Waals surface area (Å²) in [5.41, 5.74) is 3.50. The van der Waals surface area contributed by atoms with Gasteiger partial charge in [-0.05, 0) is 47.6 Å². The molecule has 1 heterocycles. The van der Waals surface area contributed by atoms with E-state index in [9.17, 15) is 14.7 Å². The van der Waals surface area contributed by atoms with E-state index in [1.54, 1.807) is 12.1 Å². The van der Waals surface area contributed by atoms with Gasteiger partial charge in [0.25, 0.3) is 5.91 Å². The third-order valence-electron chi connectivity index (χ3n) is 6.97. The van der Waals surface area contributed by atoms with Gasteiger partial charge in [0, 0.05) is 6.42 Å². The first-order valence-corrected chi connectivity index (χ1v) is 11.9.